The van der Waals surface area contributed by atoms with Crippen LogP contribution in [0.4, 0.5) is 18.9 Å². The third kappa shape index (κ3) is 5.28. The van der Waals surface area contributed by atoms with E-state index in [1.54, 1.807) is 31.2 Å². The van der Waals surface area contributed by atoms with Gasteiger partial charge in [0.1, 0.15) is 5.75 Å². The zero-order chi connectivity index (χ0) is 18.6. The average molecular weight is 392 g/mol. The third-order valence-electron chi connectivity index (χ3n) is 3.28. The fourth-order valence-corrected chi connectivity index (χ4v) is 2.47. The van der Waals surface area contributed by atoms with E-state index in [1.165, 1.54) is 6.07 Å². The molecular weight excluding hydrogens is 378 g/mol. The van der Waals surface area contributed by atoms with Gasteiger partial charge in [0, 0.05) is 10.7 Å². The fraction of sp³-hybridized carbons (Fsp3) is 0.235. The monoisotopic (exact) mass is 391 g/mol. The Balaban J connectivity index is 2.14. The van der Waals surface area contributed by atoms with Crippen LogP contribution in [-0.2, 0) is 11.0 Å². The number of alkyl halides is 3. The summed E-state index contributed by atoms with van der Waals surface area (Å²) >= 11 is 11.4. The number of carbonyl (C=O) groups excluding carboxylic acids is 1. The van der Waals surface area contributed by atoms with Crippen molar-refractivity contribution in [2.45, 2.75) is 25.6 Å². The van der Waals surface area contributed by atoms with Crippen LogP contribution >= 0.6 is 23.2 Å². The van der Waals surface area contributed by atoms with Gasteiger partial charge in [-0.3, -0.25) is 4.79 Å². The first-order chi connectivity index (χ1) is 11.7. The molecule has 3 nitrogen and oxygen atoms in total. The molecule has 0 spiro atoms. The van der Waals surface area contributed by atoms with E-state index < -0.39 is 28.8 Å². The van der Waals surface area contributed by atoms with Gasteiger partial charge in [0.2, 0.25) is 0 Å². The maximum atomic E-state index is 12.9. The second-order valence-corrected chi connectivity index (χ2v) is 6.00. The van der Waals surface area contributed by atoms with Gasteiger partial charge in [-0.25, -0.2) is 0 Å². The van der Waals surface area contributed by atoms with Crippen molar-refractivity contribution in [3.8, 4) is 5.75 Å². The van der Waals surface area contributed by atoms with Crippen molar-refractivity contribution < 1.29 is 22.7 Å². The summed E-state index contributed by atoms with van der Waals surface area (Å²) in [6, 6.07) is 9.65. The Morgan fingerprint density at radius 2 is 1.92 bits per heavy atom. The molecule has 1 amide bonds. The van der Waals surface area contributed by atoms with Crippen LogP contribution in [0.5, 0.6) is 5.75 Å². The van der Waals surface area contributed by atoms with Crippen molar-refractivity contribution in [3.63, 3.8) is 0 Å². The van der Waals surface area contributed by atoms with Gasteiger partial charge in [-0.1, -0.05) is 36.2 Å². The van der Waals surface area contributed by atoms with Gasteiger partial charge >= 0.3 is 6.18 Å². The van der Waals surface area contributed by atoms with Crippen molar-refractivity contribution in [1.82, 2.24) is 0 Å². The van der Waals surface area contributed by atoms with Gasteiger partial charge in [0.15, 0.2) is 6.10 Å². The fourth-order valence-electron chi connectivity index (χ4n) is 2.07. The van der Waals surface area contributed by atoms with Crippen LogP contribution in [0, 0.1) is 0 Å². The van der Waals surface area contributed by atoms with Crippen molar-refractivity contribution in [3.05, 3.63) is 58.1 Å². The SMILES string of the molecule is CC[C@@H](Oc1cccc(Cl)c1)C(=O)Nc1ccc(Cl)c(C(F)(F)F)c1. The molecule has 2 aromatic carbocycles. The Hall–Kier alpha value is -1.92. The van der Waals surface area contributed by atoms with Crippen molar-refractivity contribution >= 4 is 34.8 Å². The molecule has 8 heteroatoms. The van der Waals surface area contributed by atoms with E-state index in [2.05, 4.69) is 5.32 Å². The number of rotatable bonds is 5. The summed E-state index contributed by atoms with van der Waals surface area (Å²) in [4.78, 5) is 12.3. The number of carbonyl (C=O) groups is 1. The van der Waals surface area contributed by atoms with E-state index in [4.69, 9.17) is 27.9 Å². The van der Waals surface area contributed by atoms with E-state index in [0.717, 1.165) is 12.1 Å². The van der Waals surface area contributed by atoms with Gasteiger partial charge in [0.05, 0.1) is 10.6 Å². The highest BCUT2D eigenvalue weighted by molar-refractivity contribution is 6.31. The standard InChI is InChI=1S/C17H14Cl2F3NO2/c1-2-15(25-12-5-3-4-10(18)8-12)16(24)23-11-6-7-14(19)13(9-11)17(20,21)22/h3-9,15H,2H2,1H3,(H,23,24)/t15-/m1/s1. The summed E-state index contributed by atoms with van der Waals surface area (Å²) in [7, 11) is 0. The Kier molecular flexibility index (Phi) is 6.19. The van der Waals surface area contributed by atoms with E-state index in [-0.39, 0.29) is 5.69 Å². The summed E-state index contributed by atoms with van der Waals surface area (Å²) in [5, 5.41) is 2.42. The highest BCUT2D eigenvalue weighted by Crippen LogP contribution is 2.36. The first-order valence-corrected chi connectivity index (χ1v) is 8.06. The number of anilines is 1. The van der Waals surface area contributed by atoms with E-state index in [1.807, 2.05) is 0 Å². The first-order valence-electron chi connectivity index (χ1n) is 7.30. The Morgan fingerprint density at radius 3 is 2.52 bits per heavy atom. The van der Waals surface area contributed by atoms with Gasteiger partial charge in [-0.2, -0.15) is 13.2 Å². The Morgan fingerprint density at radius 1 is 1.20 bits per heavy atom. The molecule has 0 aromatic heterocycles. The van der Waals surface area contributed by atoms with Crippen LogP contribution in [0.2, 0.25) is 10.0 Å². The van der Waals surface area contributed by atoms with Crippen LogP contribution in [0.25, 0.3) is 0 Å². The van der Waals surface area contributed by atoms with E-state index in [9.17, 15) is 18.0 Å². The molecule has 0 aliphatic heterocycles. The Bertz CT molecular complexity index is 766. The number of benzene rings is 2. The molecule has 134 valence electrons. The van der Waals surface area contributed by atoms with Crippen LogP contribution in [0.15, 0.2) is 42.5 Å². The zero-order valence-corrected chi connectivity index (χ0v) is 14.5. The topological polar surface area (TPSA) is 38.3 Å². The smallest absolute Gasteiger partial charge is 0.417 e. The Labute approximate surface area is 152 Å². The van der Waals surface area contributed by atoms with Crippen molar-refractivity contribution in [2.75, 3.05) is 5.32 Å². The van der Waals surface area contributed by atoms with E-state index >= 15 is 0 Å². The minimum atomic E-state index is -4.61. The predicted molar refractivity (Wildman–Crippen MR) is 91.2 cm³/mol. The van der Waals surface area contributed by atoms with Crippen LogP contribution in [0.3, 0.4) is 0 Å². The van der Waals surface area contributed by atoms with Crippen LogP contribution in [0.1, 0.15) is 18.9 Å². The first kappa shape index (κ1) is 19.4. The maximum absolute atomic E-state index is 12.9. The number of ether oxygens (including phenoxy) is 1. The van der Waals surface area contributed by atoms with Crippen molar-refractivity contribution in [1.29, 1.82) is 0 Å². The summed E-state index contributed by atoms with van der Waals surface area (Å²) in [6.07, 6.45) is -5.18. The maximum Gasteiger partial charge on any atom is 0.417 e. The summed E-state index contributed by atoms with van der Waals surface area (Å²) in [5.74, 6) is -0.181. The van der Waals surface area contributed by atoms with Gasteiger partial charge < -0.3 is 10.1 Å². The highest BCUT2D eigenvalue weighted by atomic mass is 35.5. The number of hydrogen-bond donors (Lipinski definition) is 1. The van der Waals surface area contributed by atoms with Gasteiger partial charge in [-0.15, -0.1) is 0 Å². The molecule has 0 saturated heterocycles. The zero-order valence-electron chi connectivity index (χ0n) is 13.0. The lowest BCUT2D eigenvalue weighted by atomic mass is 10.1. The molecule has 0 aliphatic rings. The number of halogens is 5. The lowest BCUT2D eigenvalue weighted by Gasteiger charge is -2.18. The molecular formula is C17H14Cl2F3NO2. The molecule has 0 fully saturated rings. The van der Waals surface area contributed by atoms with E-state index in [0.29, 0.717) is 17.2 Å². The molecule has 2 aromatic rings. The molecule has 0 saturated carbocycles. The molecule has 0 unspecified atom stereocenters. The molecule has 0 heterocycles. The summed E-state index contributed by atoms with van der Waals surface area (Å²) in [6.45, 7) is 1.72. The molecule has 0 radical (unpaired) electrons. The normalized spacial score (nSPS) is 12.6. The minimum absolute atomic E-state index is 0.0186. The molecule has 2 rings (SSSR count). The number of hydrogen-bond acceptors (Lipinski definition) is 2. The lowest BCUT2D eigenvalue weighted by molar-refractivity contribution is -0.137. The van der Waals surface area contributed by atoms with Crippen LogP contribution < -0.4 is 10.1 Å². The van der Waals surface area contributed by atoms with Crippen molar-refractivity contribution in [2.24, 2.45) is 0 Å². The lowest BCUT2D eigenvalue weighted by Crippen LogP contribution is -2.32. The molecule has 1 atom stereocenters. The number of nitrogens with one attached hydrogen (secondary N) is 1. The largest absolute Gasteiger partial charge is 0.481 e. The van der Waals surface area contributed by atoms with Gasteiger partial charge in [0.25, 0.3) is 5.91 Å². The second kappa shape index (κ2) is 7.97. The van der Waals surface area contributed by atoms with Gasteiger partial charge in [-0.05, 0) is 42.8 Å². The molecule has 1 N–H and O–H groups in total. The predicted octanol–water partition coefficient (Wildman–Crippen LogP) is 5.81. The average Bonchev–Trinajstić information content (AvgIpc) is 2.53. The van der Waals surface area contributed by atoms with Crippen LogP contribution in [-0.4, -0.2) is 12.0 Å². The summed E-state index contributed by atoms with van der Waals surface area (Å²) in [5.41, 5.74) is -1.04. The molecule has 0 bridgehead atoms. The molecule has 25 heavy (non-hydrogen) atoms. The third-order valence-corrected chi connectivity index (χ3v) is 3.84. The number of amides is 1. The quantitative estimate of drug-likeness (QED) is 0.698. The second-order valence-electron chi connectivity index (χ2n) is 5.15. The highest BCUT2D eigenvalue weighted by Gasteiger charge is 2.33. The molecule has 0 aliphatic carbocycles. The summed E-state index contributed by atoms with van der Waals surface area (Å²) < 4.78 is 44.2. The minimum Gasteiger partial charge on any atom is -0.481 e.